The molecule has 2 aromatic heterocycles. The summed E-state index contributed by atoms with van der Waals surface area (Å²) in [6, 6.07) is 10.3. The van der Waals surface area contributed by atoms with Gasteiger partial charge in [-0.3, -0.25) is 4.72 Å². The van der Waals surface area contributed by atoms with E-state index in [4.69, 9.17) is 9.47 Å². The van der Waals surface area contributed by atoms with Crippen molar-refractivity contribution in [1.82, 2.24) is 24.2 Å². The molecule has 1 amide bonds. The number of piperidine rings is 1. The maximum Gasteiger partial charge on any atom is 0.410 e. The number of aromatic nitrogens is 3. The summed E-state index contributed by atoms with van der Waals surface area (Å²) in [6.45, 7) is 6.38. The molecule has 0 radical (unpaired) electrons. The Labute approximate surface area is 287 Å². The second kappa shape index (κ2) is 14.2. The molecule has 0 aliphatic carbocycles. The van der Waals surface area contributed by atoms with Crippen LogP contribution in [-0.2, 0) is 14.9 Å². The van der Waals surface area contributed by atoms with Gasteiger partial charge in [0.15, 0.2) is 0 Å². The third kappa shape index (κ3) is 8.87. The van der Waals surface area contributed by atoms with Crippen LogP contribution < -0.4 is 14.8 Å². The van der Waals surface area contributed by atoms with E-state index in [-0.39, 0.29) is 38.8 Å². The molecule has 12 nitrogen and oxygen atoms in total. The monoisotopic (exact) mass is 719 g/mol. The van der Waals surface area contributed by atoms with Gasteiger partial charge in [0, 0.05) is 49.3 Å². The van der Waals surface area contributed by atoms with Gasteiger partial charge in [0.2, 0.25) is 11.8 Å². The van der Waals surface area contributed by atoms with E-state index in [2.05, 4.69) is 20.3 Å². The predicted octanol–water partition coefficient (Wildman–Crippen LogP) is 6.89. The molecule has 1 aliphatic heterocycles. The molecule has 50 heavy (non-hydrogen) atoms. The van der Waals surface area contributed by atoms with Crippen molar-refractivity contribution in [2.75, 3.05) is 36.7 Å². The van der Waals surface area contributed by atoms with Gasteiger partial charge in [0.05, 0.1) is 16.9 Å². The lowest BCUT2D eigenvalue weighted by Gasteiger charge is -2.34. The number of rotatable bonds is 9. The van der Waals surface area contributed by atoms with Crippen molar-refractivity contribution in [3.05, 3.63) is 66.2 Å². The van der Waals surface area contributed by atoms with Crippen LogP contribution in [-0.4, -0.2) is 83.2 Å². The third-order valence-corrected chi connectivity index (χ3v) is 9.06. The number of hydrogen-bond acceptors (Lipinski definition) is 9. The molecule has 5 rings (SSSR count). The predicted molar refractivity (Wildman–Crippen MR) is 180 cm³/mol. The van der Waals surface area contributed by atoms with Crippen molar-refractivity contribution in [2.24, 2.45) is 0 Å². The number of pyridine rings is 1. The number of carbonyl (C=O) groups excluding carboxylic acids is 1. The number of ether oxygens (including phenoxy) is 2. The van der Waals surface area contributed by atoms with Crippen LogP contribution in [0.1, 0.15) is 39.2 Å². The second-order valence-electron chi connectivity index (χ2n) is 12.8. The van der Waals surface area contributed by atoms with Crippen molar-refractivity contribution < 1.29 is 40.2 Å². The summed E-state index contributed by atoms with van der Waals surface area (Å²) < 4.78 is 93.1. The van der Waals surface area contributed by atoms with Crippen molar-refractivity contribution in [3.8, 4) is 22.9 Å². The quantitative estimate of drug-likeness (QED) is 0.177. The molecule has 0 unspecified atom stereocenters. The molecule has 3 heterocycles. The number of aryl methyl sites for hydroxylation is 1. The first kappa shape index (κ1) is 36.5. The smallest absolute Gasteiger partial charge is 0.410 e. The number of amides is 1. The largest absolute Gasteiger partial charge is 0.444 e. The minimum atomic E-state index is -4.81. The molecule has 0 spiro atoms. The van der Waals surface area contributed by atoms with Crippen LogP contribution in [0.15, 0.2) is 54.9 Å². The van der Waals surface area contributed by atoms with Crippen LogP contribution in [0.25, 0.3) is 22.0 Å². The Bertz CT molecular complexity index is 1990. The molecular formula is C33H37F4N7O5S. The Morgan fingerprint density at radius 3 is 2.52 bits per heavy atom. The number of hydrogen-bond donors (Lipinski definition) is 2. The summed E-state index contributed by atoms with van der Waals surface area (Å²) in [7, 11) is -4.05. The molecule has 4 aromatic rings. The number of likely N-dealkylation sites (tertiary alicyclic amines) is 1. The van der Waals surface area contributed by atoms with Crippen LogP contribution in [0.4, 0.5) is 34.0 Å². The summed E-state index contributed by atoms with van der Waals surface area (Å²) in [5, 5.41) is 3.62. The molecule has 2 N–H and O–H groups in total. The Balaban J connectivity index is 1.41. The molecule has 17 heteroatoms. The van der Waals surface area contributed by atoms with E-state index < -0.39 is 40.0 Å². The van der Waals surface area contributed by atoms with E-state index >= 15 is 4.39 Å². The molecule has 1 saturated heterocycles. The average Bonchev–Trinajstić information content (AvgIpc) is 3.02. The molecule has 268 valence electrons. The van der Waals surface area contributed by atoms with Crippen molar-refractivity contribution >= 4 is 38.7 Å². The standard InChI is InChI=1S/C33H37F4N7O5S/c1-20-10-11-22-23(12-13-25(34)27(22)42-50(46,47)43(5)19-33(35,36)37)28(20)48-29-24(9-6-15-38-29)26-14-16-39-30(41-26)40-21-8-7-17-44(18-21)31(45)49-32(2,3)4/h6,9-16,21,42H,7-8,17-19H2,1-5H3,(H,39,40,41)/t21-/m0/s1. The Morgan fingerprint density at radius 2 is 1.80 bits per heavy atom. The summed E-state index contributed by atoms with van der Waals surface area (Å²) in [6.07, 6.45) is -0.581. The first-order chi connectivity index (χ1) is 23.4. The zero-order chi connectivity index (χ0) is 36.4. The van der Waals surface area contributed by atoms with Gasteiger partial charge in [0.25, 0.3) is 0 Å². The number of fused-ring (bicyclic) bond motifs is 1. The number of nitrogens with zero attached hydrogens (tertiary/aromatic N) is 5. The number of nitrogens with one attached hydrogen (secondary N) is 2. The van der Waals surface area contributed by atoms with Gasteiger partial charge < -0.3 is 19.7 Å². The zero-order valence-electron chi connectivity index (χ0n) is 28.0. The van der Waals surface area contributed by atoms with Crippen molar-refractivity contribution in [1.29, 1.82) is 0 Å². The lowest BCUT2D eigenvalue weighted by Crippen LogP contribution is -2.47. The fraction of sp³-hybridized carbons (Fsp3) is 0.394. The lowest BCUT2D eigenvalue weighted by atomic mass is 10.0. The van der Waals surface area contributed by atoms with Crippen LogP contribution in [0.2, 0.25) is 0 Å². The highest BCUT2D eigenvalue weighted by Crippen LogP contribution is 2.40. The topological polar surface area (TPSA) is 139 Å². The Morgan fingerprint density at radius 1 is 1.06 bits per heavy atom. The second-order valence-corrected chi connectivity index (χ2v) is 14.6. The zero-order valence-corrected chi connectivity index (χ0v) is 28.8. The van der Waals surface area contributed by atoms with E-state index in [0.717, 1.165) is 26.0 Å². The maximum atomic E-state index is 15.1. The van der Waals surface area contributed by atoms with Crippen LogP contribution in [0, 0.1) is 12.7 Å². The number of anilines is 2. The molecule has 1 atom stereocenters. The van der Waals surface area contributed by atoms with Crippen LogP contribution in [0.3, 0.4) is 0 Å². The van der Waals surface area contributed by atoms with Gasteiger partial charge in [-0.25, -0.2) is 24.1 Å². The fourth-order valence-electron chi connectivity index (χ4n) is 5.36. The minimum absolute atomic E-state index is 0.0488. The van der Waals surface area contributed by atoms with Crippen molar-refractivity contribution in [3.63, 3.8) is 0 Å². The van der Waals surface area contributed by atoms with Gasteiger partial charge in [0.1, 0.15) is 23.7 Å². The maximum absolute atomic E-state index is 15.1. The molecule has 0 saturated carbocycles. The van der Waals surface area contributed by atoms with E-state index in [0.29, 0.717) is 35.9 Å². The summed E-state index contributed by atoms with van der Waals surface area (Å²) >= 11 is 0. The Hall–Kier alpha value is -4.77. The van der Waals surface area contributed by atoms with Crippen LogP contribution in [0.5, 0.6) is 11.6 Å². The van der Waals surface area contributed by atoms with Gasteiger partial charge in [-0.1, -0.05) is 12.1 Å². The van der Waals surface area contributed by atoms with E-state index in [1.54, 1.807) is 42.3 Å². The summed E-state index contributed by atoms with van der Waals surface area (Å²) in [5.41, 5.74) is 0.360. The first-order valence-corrected chi connectivity index (χ1v) is 17.1. The summed E-state index contributed by atoms with van der Waals surface area (Å²) in [5.74, 6) is -0.346. The number of carbonyl (C=O) groups is 1. The van der Waals surface area contributed by atoms with E-state index in [1.807, 2.05) is 25.5 Å². The minimum Gasteiger partial charge on any atom is -0.444 e. The SMILES string of the molecule is Cc1ccc2c(NS(=O)(=O)N(C)CC(F)(F)F)c(F)ccc2c1Oc1ncccc1-c1ccnc(N[C@H]2CCCN(C(=O)OC(C)(C)C)C2)n1. The van der Waals surface area contributed by atoms with E-state index in [1.165, 1.54) is 18.3 Å². The molecule has 2 aromatic carbocycles. The van der Waals surface area contributed by atoms with E-state index in [9.17, 15) is 26.4 Å². The summed E-state index contributed by atoms with van der Waals surface area (Å²) in [4.78, 5) is 27.7. The number of benzene rings is 2. The normalized spacial score (nSPS) is 15.6. The van der Waals surface area contributed by atoms with Gasteiger partial charge >= 0.3 is 22.5 Å². The average molecular weight is 720 g/mol. The number of halogens is 4. The Kier molecular flexibility index (Phi) is 10.4. The van der Waals surface area contributed by atoms with Crippen molar-refractivity contribution in [2.45, 2.75) is 58.4 Å². The fourth-order valence-corrected chi connectivity index (χ4v) is 6.29. The van der Waals surface area contributed by atoms with Gasteiger partial charge in [-0.05, 0) is 76.4 Å². The molecule has 1 fully saturated rings. The first-order valence-electron chi connectivity index (χ1n) is 15.6. The highest BCUT2D eigenvalue weighted by Gasteiger charge is 2.35. The highest BCUT2D eigenvalue weighted by molar-refractivity contribution is 7.90. The van der Waals surface area contributed by atoms with Crippen LogP contribution >= 0.6 is 0 Å². The van der Waals surface area contributed by atoms with Gasteiger partial charge in [-0.15, -0.1) is 0 Å². The highest BCUT2D eigenvalue weighted by atomic mass is 32.2. The number of alkyl halides is 3. The lowest BCUT2D eigenvalue weighted by molar-refractivity contribution is -0.134. The molecule has 1 aliphatic rings. The molecular weight excluding hydrogens is 682 g/mol. The molecule has 0 bridgehead atoms. The third-order valence-electron chi connectivity index (χ3n) is 7.65. The van der Waals surface area contributed by atoms with Gasteiger partial charge in [-0.2, -0.15) is 25.9 Å².